The average Bonchev–Trinajstić information content (AvgIpc) is 3.55. The first kappa shape index (κ1) is 31.0. The lowest BCUT2D eigenvalue weighted by molar-refractivity contribution is -0.117. The number of aliphatic hydroxyl groups is 2. The summed E-state index contributed by atoms with van der Waals surface area (Å²) < 4.78 is 5.15. The van der Waals surface area contributed by atoms with Crippen LogP contribution < -0.4 is 4.90 Å². The number of esters is 1. The van der Waals surface area contributed by atoms with Gasteiger partial charge in [-0.2, -0.15) is 0 Å². The van der Waals surface area contributed by atoms with Crippen molar-refractivity contribution in [2.75, 3.05) is 24.7 Å². The molecule has 1 unspecified atom stereocenters. The van der Waals surface area contributed by atoms with Gasteiger partial charge in [0, 0.05) is 30.1 Å². The molecule has 6 nitrogen and oxygen atoms in total. The summed E-state index contributed by atoms with van der Waals surface area (Å²) in [6.07, 6.45) is 11.2. The quantitative estimate of drug-likeness (QED) is 0.208. The minimum Gasteiger partial charge on any atom is -0.462 e. The van der Waals surface area contributed by atoms with E-state index >= 15 is 0 Å². The van der Waals surface area contributed by atoms with E-state index in [1.54, 1.807) is 6.07 Å². The van der Waals surface area contributed by atoms with Gasteiger partial charge in [0.05, 0.1) is 12.7 Å². The van der Waals surface area contributed by atoms with Crippen LogP contribution in [0.1, 0.15) is 98.2 Å². The van der Waals surface area contributed by atoms with Gasteiger partial charge in [-0.1, -0.05) is 51.7 Å². The zero-order chi connectivity index (χ0) is 26.9. The summed E-state index contributed by atoms with van der Waals surface area (Å²) in [4.78, 5) is 27.1. The number of carbonyl (C=O) groups excluding carboxylic acids is 2. The molecule has 2 N–H and O–H groups in total. The summed E-state index contributed by atoms with van der Waals surface area (Å²) >= 11 is 1.48. The Hall–Kier alpha value is -2.22. The highest BCUT2D eigenvalue weighted by Gasteiger charge is 2.21. The van der Waals surface area contributed by atoms with Gasteiger partial charge in [0.25, 0.3) is 0 Å². The zero-order valence-corrected chi connectivity index (χ0v) is 23.4. The standard InChI is InChI=1S/C16H23NO.C14H22O4S/c1-2-3-4-5-7-14-9-11-15(12-10-14)17-13-6-8-16(17)18;1-2-4-12-6-7-13(19-12)14(17)18-10-3-5-11(16)8-9-15/h9-12H,2-8,13H2,1H3;6-7,11,15-16H,2-5,8-10H2,1H3. The molecule has 2 heterocycles. The number of hydrogen-bond donors (Lipinski definition) is 2. The van der Waals surface area contributed by atoms with Gasteiger partial charge in [-0.25, -0.2) is 4.79 Å². The molecule has 1 aliphatic rings. The van der Waals surface area contributed by atoms with Crippen molar-refractivity contribution < 1.29 is 24.5 Å². The molecule has 2 aromatic rings. The largest absolute Gasteiger partial charge is 0.462 e. The Balaban J connectivity index is 0.000000260. The number of hydrogen-bond acceptors (Lipinski definition) is 6. The van der Waals surface area contributed by atoms with Gasteiger partial charge in [-0.15, -0.1) is 11.3 Å². The van der Waals surface area contributed by atoms with Crippen molar-refractivity contribution in [1.82, 2.24) is 0 Å². The number of rotatable bonds is 15. The van der Waals surface area contributed by atoms with Crippen LogP contribution in [0.3, 0.4) is 0 Å². The fraction of sp³-hybridized carbons (Fsp3) is 0.600. The number of ether oxygens (including phenoxy) is 1. The Morgan fingerprint density at radius 3 is 2.43 bits per heavy atom. The second-order valence-electron chi connectivity index (χ2n) is 9.59. The molecule has 1 aromatic heterocycles. The molecule has 1 fully saturated rings. The van der Waals surface area contributed by atoms with Crippen LogP contribution in [0.5, 0.6) is 0 Å². The molecule has 1 aromatic carbocycles. The minimum atomic E-state index is -0.512. The van der Waals surface area contributed by atoms with Crippen molar-refractivity contribution in [3.63, 3.8) is 0 Å². The van der Waals surface area contributed by atoms with Crippen LogP contribution in [-0.4, -0.2) is 48.0 Å². The first-order valence-electron chi connectivity index (χ1n) is 13.9. The van der Waals surface area contributed by atoms with Crippen molar-refractivity contribution in [2.45, 2.75) is 97.0 Å². The van der Waals surface area contributed by atoms with Gasteiger partial charge >= 0.3 is 5.97 Å². The second kappa shape index (κ2) is 18.1. The van der Waals surface area contributed by atoms with E-state index in [2.05, 4.69) is 38.1 Å². The van der Waals surface area contributed by atoms with Gasteiger partial charge in [0.2, 0.25) is 5.91 Å². The van der Waals surface area contributed by atoms with E-state index in [9.17, 15) is 14.7 Å². The van der Waals surface area contributed by atoms with Gasteiger partial charge in [0.15, 0.2) is 0 Å². The molecule has 0 spiro atoms. The number of carbonyl (C=O) groups is 2. The predicted octanol–water partition coefficient (Wildman–Crippen LogP) is 6.32. The van der Waals surface area contributed by atoms with Crippen LogP contribution in [-0.2, 0) is 22.4 Å². The minimum absolute atomic E-state index is 0.0175. The van der Waals surface area contributed by atoms with Crippen LogP contribution >= 0.6 is 11.3 Å². The topological polar surface area (TPSA) is 87.1 Å². The first-order chi connectivity index (χ1) is 18.0. The molecule has 1 amide bonds. The van der Waals surface area contributed by atoms with Crippen molar-refractivity contribution in [1.29, 1.82) is 0 Å². The predicted molar refractivity (Wildman–Crippen MR) is 151 cm³/mol. The van der Waals surface area contributed by atoms with Crippen molar-refractivity contribution in [3.05, 3.63) is 51.7 Å². The Morgan fingerprint density at radius 1 is 1.00 bits per heavy atom. The molecular formula is C30H45NO5S. The molecule has 206 valence electrons. The maximum absolute atomic E-state index is 11.7. The molecule has 0 aliphatic carbocycles. The highest BCUT2D eigenvalue weighted by atomic mass is 32.1. The monoisotopic (exact) mass is 531 g/mol. The third-order valence-electron chi connectivity index (χ3n) is 6.38. The van der Waals surface area contributed by atoms with Crippen LogP contribution in [0.4, 0.5) is 5.69 Å². The van der Waals surface area contributed by atoms with E-state index in [4.69, 9.17) is 9.84 Å². The lowest BCUT2D eigenvalue weighted by Crippen LogP contribution is -2.23. The summed E-state index contributed by atoms with van der Waals surface area (Å²) in [6.45, 7) is 5.52. The van der Waals surface area contributed by atoms with Gasteiger partial charge < -0.3 is 19.8 Å². The van der Waals surface area contributed by atoms with Crippen LogP contribution in [0.25, 0.3) is 0 Å². The number of benzene rings is 1. The van der Waals surface area contributed by atoms with Gasteiger partial charge in [-0.05, 0) is 74.8 Å². The Bertz CT molecular complexity index is 911. The fourth-order valence-electron chi connectivity index (χ4n) is 4.24. The summed E-state index contributed by atoms with van der Waals surface area (Å²) in [5.41, 5.74) is 2.45. The van der Waals surface area contributed by atoms with Gasteiger partial charge in [-0.3, -0.25) is 4.79 Å². The molecule has 3 rings (SSSR count). The fourth-order valence-corrected chi connectivity index (χ4v) is 5.24. The van der Waals surface area contributed by atoms with E-state index < -0.39 is 6.10 Å². The Labute approximate surface area is 226 Å². The summed E-state index contributed by atoms with van der Waals surface area (Å²) in [5, 5.41) is 18.0. The van der Waals surface area contributed by atoms with Crippen LogP contribution in [0.15, 0.2) is 36.4 Å². The maximum atomic E-state index is 11.7. The van der Waals surface area contributed by atoms with E-state index in [1.807, 2.05) is 11.0 Å². The number of nitrogens with zero attached hydrogens (tertiary/aromatic N) is 1. The summed E-state index contributed by atoms with van der Waals surface area (Å²) in [6, 6.07) is 12.3. The molecule has 1 aliphatic heterocycles. The molecule has 7 heteroatoms. The third-order valence-corrected chi connectivity index (χ3v) is 7.50. The highest BCUT2D eigenvalue weighted by molar-refractivity contribution is 7.13. The van der Waals surface area contributed by atoms with Crippen molar-refractivity contribution >= 4 is 28.9 Å². The number of aryl methyl sites for hydroxylation is 2. The summed E-state index contributed by atoms with van der Waals surface area (Å²) in [5.74, 6) is -0.0188. The number of anilines is 1. The molecule has 37 heavy (non-hydrogen) atoms. The van der Waals surface area contributed by atoms with Crippen molar-refractivity contribution in [3.8, 4) is 0 Å². The third kappa shape index (κ3) is 11.8. The lowest BCUT2D eigenvalue weighted by Gasteiger charge is -2.15. The van der Waals surface area contributed by atoms with Crippen molar-refractivity contribution in [2.24, 2.45) is 0 Å². The SMILES string of the molecule is CCCCCCc1ccc(N2CCCC2=O)cc1.CCCc1ccc(C(=O)OCCCC(O)CCO)s1. The van der Waals surface area contributed by atoms with E-state index in [0.717, 1.165) is 37.9 Å². The molecule has 0 bridgehead atoms. The maximum Gasteiger partial charge on any atom is 0.348 e. The number of aliphatic hydroxyl groups excluding tert-OH is 2. The highest BCUT2D eigenvalue weighted by Crippen LogP contribution is 2.22. The summed E-state index contributed by atoms with van der Waals surface area (Å²) in [7, 11) is 0. The zero-order valence-electron chi connectivity index (χ0n) is 22.6. The second-order valence-corrected chi connectivity index (χ2v) is 10.8. The smallest absolute Gasteiger partial charge is 0.348 e. The number of thiophene rings is 1. The lowest BCUT2D eigenvalue weighted by atomic mass is 10.1. The Kier molecular flexibility index (Phi) is 15.2. The Morgan fingerprint density at radius 2 is 1.78 bits per heavy atom. The normalized spacial score (nSPS) is 13.8. The van der Waals surface area contributed by atoms with Crippen LogP contribution in [0, 0.1) is 0 Å². The van der Waals surface area contributed by atoms with E-state index in [-0.39, 0.29) is 18.5 Å². The average molecular weight is 532 g/mol. The number of amides is 1. The molecule has 0 saturated carbocycles. The first-order valence-corrected chi connectivity index (χ1v) is 14.7. The molecule has 0 radical (unpaired) electrons. The van der Waals surface area contributed by atoms with Gasteiger partial charge in [0.1, 0.15) is 4.88 Å². The molecule has 1 atom stereocenters. The molecule has 1 saturated heterocycles. The molecular weight excluding hydrogens is 486 g/mol. The van der Waals surface area contributed by atoms with E-state index in [0.29, 0.717) is 37.2 Å². The van der Waals surface area contributed by atoms with E-state index in [1.165, 1.54) is 47.5 Å². The number of unbranched alkanes of at least 4 members (excludes halogenated alkanes) is 3. The van der Waals surface area contributed by atoms with Crippen LogP contribution in [0.2, 0.25) is 0 Å².